The normalized spacial score (nSPS) is 17.8. The zero-order valence-corrected chi connectivity index (χ0v) is 21.7. The molecule has 2 aliphatic carbocycles. The smallest absolute Gasteiger partial charge is 0.255 e. The summed E-state index contributed by atoms with van der Waals surface area (Å²) in [6, 6.07) is 9.35. The molecule has 2 aromatic carbocycles. The van der Waals surface area contributed by atoms with E-state index in [0.29, 0.717) is 58.7 Å². The van der Waals surface area contributed by atoms with Gasteiger partial charge in [-0.25, -0.2) is 0 Å². The molecule has 3 N–H and O–H groups in total. The molecule has 0 saturated heterocycles. The molecule has 4 rings (SSSR count). The summed E-state index contributed by atoms with van der Waals surface area (Å²) in [6.07, 6.45) is 8.54. The summed E-state index contributed by atoms with van der Waals surface area (Å²) in [5.41, 5.74) is 7.58. The van der Waals surface area contributed by atoms with E-state index in [-0.39, 0.29) is 18.3 Å². The molecule has 0 aromatic heterocycles. The standard InChI is InChI=1S/C27H36N2O5.ClH/c1-31-23-21(26(30)29-17-19-16-27(19)12-5-4-6-13-27)15-22(24(32-2)25(23)33-3)34-20-9-7-18(8-10-20)11-14-28;/h7-10,15,19H,4-6,11-14,16-17,28H2,1-3H3,(H,29,30);1H. The fourth-order valence-corrected chi connectivity index (χ4v) is 5.34. The van der Waals surface area contributed by atoms with Crippen LogP contribution in [-0.4, -0.2) is 40.3 Å². The first-order valence-corrected chi connectivity index (χ1v) is 12.1. The van der Waals surface area contributed by atoms with Crippen molar-refractivity contribution in [2.24, 2.45) is 17.1 Å². The van der Waals surface area contributed by atoms with E-state index >= 15 is 0 Å². The first kappa shape index (κ1) is 27.0. The Morgan fingerprint density at radius 3 is 2.26 bits per heavy atom. The minimum absolute atomic E-state index is 0. The van der Waals surface area contributed by atoms with Crippen LogP contribution in [0, 0.1) is 11.3 Å². The molecule has 2 saturated carbocycles. The van der Waals surface area contributed by atoms with Crippen LogP contribution in [0.5, 0.6) is 28.7 Å². The SMILES string of the molecule is COc1c(Oc2ccc(CCN)cc2)cc(C(=O)NCC2CC23CCCCC3)c(OC)c1OC.Cl. The largest absolute Gasteiger partial charge is 0.492 e. The molecule has 2 aromatic rings. The van der Waals surface area contributed by atoms with Gasteiger partial charge in [0.25, 0.3) is 5.91 Å². The zero-order valence-electron chi connectivity index (χ0n) is 20.9. The number of rotatable bonds is 10. The summed E-state index contributed by atoms with van der Waals surface area (Å²) < 4.78 is 22.9. The van der Waals surface area contributed by atoms with E-state index in [9.17, 15) is 4.79 Å². The van der Waals surface area contributed by atoms with Crippen molar-refractivity contribution in [1.29, 1.82) is 0 Å². The van der Waals surface area contributed by atoms with Crippen molar-refractivity contribution in [1.82, 2.24) is 5.32 Å². The Morgan fingerprint density at radius 1 is 1.00 bits per heavy atom. The first-order chi connectivity index (χ1) is 16.5. The van der Waals surface area contributed by atoms with Crippen LogP contribution in [-0.2, 0) is 6.42 Å². The lowest BCUT2D eigenvalue weighted by atomic mass is 9.84. The molecule has 2 fully saturated rings. The van der Waals surface area contributed by atoms with E-state index in [1.807, 2.05) is 24.3 Å². The van der Waals surface area contributed by atoms with Gasteiger partial charge in [0.2, 0.25) is 11.5 Å². The number of nitrogens with two attached hydrogens (primary N) is 1. The predicted octanol–water partition coefficient (Wildman–Crippen LogP) is 5.13. The highest BCUT2D eigenvalue weighted by Crippen LogP contribution is 2.61. The lowest BCUT2D eigenvalue weighted by Crippen LogP contribution is -2.28. The average Bonchev–Trinajstić information content (AvgIpc) is 3.53. The molecule has 1 unspecified atom stereocenters. The van der Waals surface area contributed by atoms with Crippen molar-refractivity contribution in [2.45, 2.75) is 44.9 Å². The number of hydrogen-bond donors (Lipinski definition) is 2. The number of carbonyl (C=O) groups is 1. The monoisotopic (exact) mass is 504 g/mol. The van der Waals surface area contributed by atoms with Gasteiger partial charge in [-0.1, -0.05) is 31.4 Å². The van der Waals surface area contributed by atoms with Crippen LogP contribution in [0.1, 0.15) is 54.4 Å². The molecule has 0 bridgehead atoms. The third-order valence-electron chi connectivity index (χ3n) is 7.31. The molecule has 35 heavy (non-hydrogen) atoms. The van der Waals surface area contributed by atoms with Gasteiger partial charge in [-0.3, -0.25) is 4.79 Å². The molecule has 0 aliphatic heterocycles. The fraction of sp³-hybridized carbons (Fsp3) is 0.519. The number of carbonyl (C=O) groups excluding carboxylic acids is 1. The Balaban J connectivity index is 0.00000342. The first-order valence-electron chi connectivity index (χ1n) is 12.1. The van der Waals surface area contributed by atoms with Gasteiger partial charge in [0.05, 0.1) is 26.9 Å². The quantitative estimate of drug-likeness (QED) is 0.466. The van der Waals surface area contributed by atoms with E-state index in [1.54, 1.807) is 6.07 Å². The molecule has 8 heteroatoms. The Bertz CT molecular complexity index is 1010. The molecular weight excluding hydrogens is 468 g/mol. The molecule has 1 spiro atoms. The van der Waals surface area contributed by atoms with Crippen LogP contribution in [0.3, 0.4) is 0 Å². The van der Waals surface area contributed by atoms with Crippen molar-refractivity contribution in [3.63, 3.8) is 0 Å². The molecule has 1 atom stereocenters. The second-order valence-electron chi connectivity index (χ2n) is 9.34. The molecule has 2 aliphatic rings. The molecular formula is C27H37ClN2O5. The predicted molar refractivity (Wildman–Crippen MR) is 139 cm³/mol. The average molecular weight is 505 g/mol. The van der Waals surface area contributed by atoms with Crippen LogP contribution in [0.2, 0.25) is 0 Å². The number of nitrogens with one attached hydrogen (secondary N) is 1. The van der Waals surface area contributed by atoms with E-state index in [0.717, 1.165) is 12.0 Å². The number of ether oxygens (including phenoxy) is 4. The lowest BCUT2D eigenvalue weighted by Gasteiger charge is -2.23. The summed E-state index contributed by atoms with van der Waals surface area (Å²) in [4.78, 5) is 13.3. The molecule has 0 heterocycles. The zero-order chi connectivity index (χ0) is 24.1. The van der Waals surface area contributed by atoms with E-state index in [4.69, 9.17) is 24.7 Å². The van der Waals surface area contributed by atoms with Gasteiger partial charge < -0.3 is 30.0 Å². The van der Waals surface area contributed by atoms with Gasteiger partial charge in [0.1, 0.15) is 5.75 Å². The van der Waals surface area contributed by atoms with Gasteiger partial charge in [-0.2, -0.15) is 0 Å². The maximum atomic E-state index is 13.3. The summed E-state index contributed by atoms with van der Waals surface area (Å²) in [7, 11) is 4.57. The highest BCUT2D eigenvalue weighted by Gasteiger charge is 2.53. The number of hydrogen-bond acceptors (Lipinski definition) is 6. The molecule has 1 amide bonds. The number of methoxy groups -OCH3 is 3. The van der Waals surface area contributed by atoms with Gasteiger partial charge in [0, 0.05) is 12.6 Å². The Hall–Kier alpha value is -2.64. The summed E-state index contributed by atoms with van der Waals surface area (Å²) in [5.74, 6) is 2.37. The van der Waals surface area contributed by atoms with Crippen molar-refractivity contribution in [3.8, 4) is 28.7 Å². The third kappa shape index (κ3) is 5.78. The summed E-state index contributed by atoms with van der Waals surface area (Å²) in [5, 5.41) is 3.13. The van der Waals surface area contributed by atoms with Gasteiger partial charge in [0.15, 0.2) is 11.5 Å². The highest BCUT2D eigenvalue weighted by molar-refractivity contribution is 5.99. The lowest BCUT2D eigenvalue weighted by molar-refractivity contribution is 0.0945. The minimum atomic E-state index is -0.209. The van der Waals surface area contributed by atoms with Crippen LogP contribution < -0.4 is 30.0 Å². The molecule has 7 nitrogen and oxygen atoms in total. The topological polar surface area (TPSA) is 92.0 Å². The number of amides is 1. The van der Waals surface area contributed by atoms with Crippen molar-refractivity contribution < 1.29 is 23.7 Å². The summed E-state index contributed by atoms with van der Waals surface area (Å²) >= 11 is 0. The second kappa shape index (κ2) is 11.9. The number of benzene rings is 2. The van der Waals surface area contributed by atoms with E-state index < -0.39 is 0 Å². The van der Waals surface area contributed by atoms with E-state index in [1.165, 1.54) is 59.9 Å². The molecule has 0 radical (unpaired) electrons. The van der Waals surface area contributed by atoms with Crippen molar-refractivity contribution >= 4 is 18.3 Å². The fourth-order valence-electron chi connectivity index (χ4n) is 5.34. The maximum Gasteiger partial charge on any atom is 0.255 e. The number of halogens is 1. The third-order valence-corrected chi connectivity index (χ3v) is 7.31. The summed E-state index contributed by atoms with van der Waals surface area (Å²) in [6.45, 7) is 1.26. The van der Waals surface area contributed by atoms with Gasteiger partial charge in [-0.05, 0) is 61.3 Å². The van der Waals surface area contributed by atoms with Gasteiger partial charge >= 0.3 is 0 Å². The Labute approximate surface area is 214 Å². The maximum absolute atomic E-state index is 13.3. The highest BCUT2D eigenvalue weighted by atomic mass is 35.5. The Morgan fingerprint density at radius 2 is 1.66 bits per heavy atom. The van der Waals surface area contributed by atoms with Crippen LogP contribution in [0.25, 0.3) is 0 Å². The van der Waals surface area contributed by atoms with Crippen LogP contribution in [0.15, 0.2) is 30.3 Å². The Kier molecular flexibility index (Phi) is 9.14. The molecule has 192 valence electrons. The van der Waals surface area contributed by atoms with Crippen molar-refractivity contribution in [3.05, 3.63) is 41.5 Å². The second-order valence-corrected chi connectivity index (χ2v) is 9.34. The minimum Gasteiger partial charge on any atom is -0.492 e. The van der Waals surface area contributed by atoms with E-state index in [2.05, 4.69) is 5.32 Å². The van der Waals surface area contributed by atoms with Crippen molar-refractivity contribution in [2.75, 3.05) is 34.4 Å². The van der Waals surface area contributed by atoms with Gasteiger partial charge in [-0.15, -0.1) is 12.4 Å². The van der Waals surface area contributed by atoms with Crippen LogP contribution in [0.4, 0.5) is 0 Å². The van der Waals surface area contributed by atoms with Crippen LogP contribution >= 0.6 is 12.4 Å².